The molecule has 1 unspecified atom stereocenters. The Balaban J connectivity index is 2.08. The highest BCUT2D eigenvalue weighted by Crippen LogP contribution is 2.19. The number of alkyl halides is 1. The normalized spacial score (nSPS) is 12.7. The molecule has 0 aliphatic carbocycles. The Morgan fingerprint density at radius 3 is 2.81 bits per heavy atom. The molecular formula is C16H15ClN2O2. The molecule has 2 heterocycles. The molecule has 0 spiro atoms. The number of furan rings is 1. The summed E-state index contributed by atoms with van der Waals surface area (Å²) >= 11 is 6.20. The molecule has 0 fully saturated rings. The van der Waals surface area contributed by atoms with E-state index in [0.717, 1.165) is 5.76 Å². The molecule has 108 valence electrons. The van der Waals surface area contributed by atoms with Gasteiger partial charge in [0.15, 0.2) is 0 Å². The number of fused-ring (bicyclic) bond motifs is 1. The van der Waals surface area contributed by atoms with Crippen molar-refractivity contribution in [3.8, 4) is 0 Å². The topological polar surface area (TPSA) is 48.0 Å². The van der Waals surface area contributed by atoms with Crippen LogP contribution < -0.4 is 5.56 Å². The molecule has 3 aromatic rings. The van der Waals surface area contributed by atoms with E-state index in [1.54, 1.807) is 16.9 Å². The van der Waals surface area contributed by atoms with Crippen LogP contribution in [0.3, 0.4) is 0 Å². The molecule has 1 aromatic carbocycles. The lowest BCUT2D eigenvalue weighted by Gasteiger charge is -2.14. The van der Waals surface area contributed by atoms with Crippen LogP contribution in [0.15, 0.2) is 51.9 Å². The Labute approximate surface area is 127 Å². The molecule has 0 saturated heterocycles. The van der Waals surface area contributed by atoms with E-state index in [4.69, 9.17) is 16.0 Å². The number of rotatable bonds is 4. The van der Waals surface area contributed by atoms with Gasteiger partial charge in [0.25, 0.3) is 5.56 Å². The first-order chi connectivity index (χ1) is 10.2. The van der Waals surface area contributed by atoms with Crippen molar-refractivity contribution in [1.29, 1.82) is 0 Å². The second-order valence-corrected chi connectivity index (χ2v) is 5.54. The third-order valence-corrected chi connectivity index (χ3v) is 3.60. The van der Waals surface area contributed by atoms with Crippen LogP contribution in [0.4, 0.5) is 0 Å². The molecule has 5 heteroatoms. The van der Waals surface area contributed by atoms with Gasteiger partial charge in [0, 0.05) is 13.0 Å². The van der Waals surface area contributed by atoms with Crippen LogP contribution in [0, 0.1) is 0 Å². The summed E-state index contributed by atoms with van der Waals surface area (Å²) < 4.78 is 6.96. The van der Waals surface area contributed by atoms with Crippen LogP contribution in [0.25, 0.3) is 10.9 Å². The number of halogens is 1. The number of para-hydroxylation sites is 1. The molecule has 0 N–H and O–H groups in total. The summed E-state index contributed by atoms with van der Waals surface area (Å²) in [5.41, 5.74) is 0.619. The molecular weight excluding hydrogens is 288 g/mol. The fraction of sp³-hybridized carbons (Fsp3) is 0.250. The van der Waals surface area contributed by atoms with E-state index < -0.39 is 0 Å². The van der Waals surface area contributed by atoms with E-state index in [1.165, 1.54) is 0 Å². The average molecular weight is 303 g/mol. The summed E-state index contributed by atoms with van der Waals surface area (Å²) in [5, 5.41) is 0.275. The number of nitrogens with zero attached hydrogens (tertiary/aromatic N) is 2. The quantitative estimate of drug-likeness (QED) is 0.693. The van der Waals surface area contributed by atoms with E-state index in [9.17, 15) is 4.79 Å². The monoisotopic (exact) mass is 302 g/mol. The third-order valence-electron chi connectivity index (χ3n) is 3.41. The minimum atomic E-state index is -0.334. The van der Waals surface area contributed by atoms with Gasteiger partial charge < -0.3 is 4.42 Å². The standard InChI is InChI=1S/C16H15ClN2O2/c1-11(17)15-18-14-7-3-2-6-13(14)16(20)19(15)9-8-12-5-4-10-21-12/h2-7,10-11H,8-9H2,1H3. The minimum absolute atomic E-state index is 0.0605. The molecule has 4 nitrogen and oxygen atoms in total. The van der Waals surface area contributed by atoms with E-state index >= 15 is 0 Å². The summed E-state index contributed by atoms with van der Waals surface area (Å²) in [6, 6.07) is 11.1. The number of hydrogen-bond acceptors (Lipinski definition) is 3. The molecule has 0 aliphatic rings. The highest BCUT2D eigenvalue weighted by molar-refractivity contribution is 6.20. The first kappa shape index (κ1) is 13.9. The maximum absolute atomic E-state index is 12.6. The zero-order valence-electron chi connectivity index (χ0n) is 11.6. The van der Waals surface area contributed by atoms with Crippen molar-refractivity contribution in [2.75, 3.05) is 0 Å². The van der Waals surface area contributed by atoms with Crippen molar-refractivity contribution in [3.05, 3.63) is 64.6 Å². The predicted molar refractivity (Wildman–Crippen MR) is 82.7 cm³/mol. The first-order valence-corrected chi connectivity index (χ1v) is 7.26. The summed E-state index contributed by atoms with van der Waals surface area (Å²) in [4.78, 5) is 17.2. The molecule has 1 atom stereocenters. The Bertz CT molecular complexity index is 807. The fourth-order valence-corrected chi connectivity index (χ4v) is 2.55. The predicted octanol–water partition coefficient (Wildman–Crippen LogP) is 3.53. The summed E-state index contributed by atoms with van der Waals surface area (Å²) in [6.45, 7) is 2.32. The van der Waals surface area contributed by atoms with Crippen molar-refractivity contribution in [2.45, 2.75) is 25.3 Å². The molecule has 21 heavy (non-hydrogen) atoms. The number of aromatic nitrogens is 2. The highest BCUT2D eigenvalue weighted by atomic mass is 35.5. The van der Waals surface area contributed by atoms with Gasteiger partial charge in [-0.2, -0.15) is 0 Å². The molecule has 0 aliphatic heterocycles. The van der Waals surface area contributed by atoms with Crippen LogP contribution in [0.5, 0.6) is 0 Å². The van der Waals surface area contributed by atoms with Gasteiger partial charge in [0.1, 0.15) is 11.6 Å². The minimum Gasteiger partial charge on any atom is -0.469 e. The van der Waals surface area contributed by atoms with Gasteiger partial charge in [-0.3, -0.25) is 9.36 Å². The van der Waals surface area contributed by atoms with Crippen molar-refractivity contribution in [2.24, 2.45) is 0 Å². The Hall–Kier alpha value is -2.07. The van der Waals surface area contributed by atoms with Crippen molar-refractivity contribution in [1.82, 2.24) is 9.55 Å². The smallest absolute Gasteiger partial charge is 0.261 e. The maximum Gasteiger partial charge on any atom is 0.261 e. The van der Waals surface area contributed by atoms with Gasteiger partial charge in [0.2, 0.25) is 0 Å². The second-order valence-electron chi connectivity index (χ2n) is 4.89. The van der Waals surface area contributed by atoms with Gasteiger partial charge in [-0.25, -0.2) is 4.98 Å². The van der Waals surface area contributed by atoms with Gasteiger partial charge >= 0.3 is 0 Å². The zero-order chi connectivity index (χ0) is 14.8. The molecule has 0 amide bonds. The highest BCUT2D eigenvalue weighted by Gasteiger charge is 2.14. The summed E-state index contributed by atoms with van der Waals surface area (Å²) in [7, 11) is 0. The summed E-state index contributed by atoms with van der Waals surface area (Å²) in [6.07, 6.45) is 2.26. The van der Waals surface area contributed by atoms with Gasteiger partial charge in [-0.05, 0) is 31.2 Å². The Morgan fingerprint density at radius 2 is 2.10 bits per heavy atom. The van der Waals surface area contributed by atoms with E-state index in [1.807, 2.05) is 37.3 Å². The summed E-state index contributed by atoms with van der Waals surface area (Å²) in [5.74, 6) is 1.43. The third kappa shape index (κ3) is 2.72. The lowest BCUT2D eigenvalue weighted by molar-refractivity contribution is 0.483. The number of hydrogen-bond donors (Lipinski definition) is 0. The number of aryl methyl sites for hydroxylation is 1. The van der Waals surface area contributed by atoms with Gasteiger partial charge in [-0.15, -0.1) is 11.6 Å². The van der Waals surface area contributed by atoms with E-state index in [-0.39, 0.29) is 10.9 Å². The first-order valence-electron chi connectivity index (χ1n) is 6.83. The van der Waals surface area contributed by atoms with E-state index in [2.05, 4.69) is 4.98 Å². The molecule has 2 aromatic heterocycles. The van der Waals surface area contributed by atoms with E-state index in [0.29, 0.717) is 29.7 Å². The maximum atomic E-state index is 12.6. The van der Waals surface area contributed by atoms with Crippen molar-refractivity contribution < 1.29 is 4.42 Å². The number of benzene rings is 1. The lowest BCUT2D eigenvalue weighted by atomic mass is 10.2. The SMILES string of the molecule is CC(Cl)c1nc2ccccc2c(=O)n1CCc1ccco1. The molecule has 0 radical (unpaired) electrons. The van der Waals surface area contributed by atoms with Crippen molar-refractivity contribution >= 4 is 22.5 Å². The van der Waals surface area contributed by atoms with Crippen molar-refractivity contribution in [3.63, 3.8) is 0 Å². The largest absolute Gasteiger partial charge is 0.469 e. The average Bonchev–Trinajstić information content (AvgIpc) is 2.99. The van der Waals surface area contributed by atoms with Crippen LogP contribution in [-0.2, 0) is 13.0 Å². The van der Waals surface area contributed by atoms with Gasteiger partial charge in [0.05, 0.1) is 22.5 Å². The molecule has 0 saturated carbocycles. The molecule has 3 rings (SSSR count). The van der Waals surface area contributed by atoms with Gasteiger partial charge in [-0.1, -0.05) is 12.1 Å². The lowest BCUT2D eigenvalue weighted by Crippen LogP contribution is -2.26. The Kier molecular flexibility index (Phi) is 3.80. The zero-order valence-corrected chi connectivity index (χ0v) is 12.4. The van der Waals surface area contributed by atoms with Crippen LogP contribution >= 0.6 is 11.6 Å². The molecule has 0 bridgehead atoms. The fourth-order valence-electron chi connectivity index (χ4n) is 2.38. The van der Waals surface area contributed by atoms with Crippen LogP contribution in [0.2, 0.25) is 0 Å². The Morgan fingerprint density at radius 1 is 1.29 bits per heavy atom. The van der Waals surface area contributed by atoms with Crippen LogP contribution in [0.1, 0.15) is 23.9 Å². The second kappa shape index (κ2) is 5.74. The van der Waals surface area contributed by atoms with Crippen LogP contribution in [-0.4, -0.2) is 9.55 Å².